The van der Waals surface area contributed by atoms with E-state index in [4.69, 9.17) is 4.74 Å². The summed E-state index contributed by atoms with van der Waals surface area (Å²) in [6.07, 6.45) is 9.30. The van der Waals surface area contributed by atoms with E-state index < -0.39 is 17.3 Å². The lowest BCUT2D eigenvalue weighted by atomic mass is 9.41. The first-order valence-corrected chi connectivity index (χ1v) is 13.8. The molecule has 0 aromatic carbocycles. The lowest BCUT2D eigenvalue weighted by molar-refractivity contribution is -0.173. The fraction of sp³-hybridized carbons (Fsp3) is 0.900. The molecule has 4 heteroatoms. The number of hydrogen-bond acceptors (Lipinski definition) is 4. The van der Waals surface area contributed by atoms with Gasteiger partial charge in [-0.3, -0.25) is 4.79 Å². The van der Waals surface area contributed by atoms with Crippen molar-refractivity contribution in [3.63, 3.8) is 0 Å². The maximum absolute atomic E-state index is 12.9. The zero-order valence-electron chi connectivity index (χ0n) is 22.8. The number of allylic oxidation sites excluding steroid dienone is 2. The number of rotatable bonds is 2. The van der Waals surface area contributed by atoms with Gasteiger partial charge in [-0.15, -0.1) is 0 Å². The second-order valence-electron chi connectivity index (χ2n) is 14.8. The van der Waals surface area contributed by atoms with Crippen molar-refractivity contribution in [3.05, 3.63) is 11.6 Å². The van der Waals surface area contributed by atoms with Gasteiger partial charge < -0.3 is 14.9 Å². The van der Waals surface area contributed by atoms with Crippen LogP contribution >= 0.6 is 0 Å². The summed E-state index contributed by atoms with van der Waals surface area (Å²) in [6, 6.07) is 0. The number of aliphatic hydroxyl groups excluding tert-OH is 1. The molecule has 4 fully saturated rings. The lowest BCUT2D eigenvalue weighted by Gasteiger charge is -2.63. The van der Waals surface area contributed by atoms with Gasteiger partial charge in [0.25, 0.3) is 0 Å². The van der Waals surface area contributed by atoms with Crippen LogP contribution in [-0.2, 0) is 9.53 Å². The number of ketones is 1. The summed E-state index contributed by atoms with van der Waals surface area (Å²) in [5.41, 5.74) is 0.0469. The first-order chi connectivity index (χ1) is 15.5. The number of fused-ring (bicyclic) bond motifs is 5. The van der Waals surface area contributed by atoms with Crippen molar-refractivity contribution in [1.29, 1.82) is 0 Å². The highest BCUT2D eigenvalue weighted by Crippen LogP contribution is 2.73. The summed E-state index contributed by atoms with van der Waals surface area (Å²) >= 11 is 0. The summed E-state index contributed by atoms with van der Waals surface area (Å²) in [5.74, 6) is 1.34. The largest absolute Gasteiger partial charge is 0.393 e. The van der Waals surface area contributed by atoms with E-state index >= 15 is 0 Å². The van der Waals surface area contributed by atoms with Crippen LogP contribution in [0.15, 0.2) is 11.6 Å². The van der Waals surface area contributed by atoms with Gasteiger partial charge >= 0.3 is 0 Å². The normalized spacial score (nSPS) is 52.6. The molecule has 4 aliphatic carbocycles. The van der Waals surface area contributed by atoms with Crippen molar-refractivity contribution in [1.82, 2.24) is 0 Å². The van der Waals surface area contributed by atoms with Crippen molar-refractivity contribution < 1.29 is 19.7 Å². The van der Waals surface area contributed by atoms with Crippen LogP contribution in [0.3, 0.4) is 0 Å². The number of ether oxygens (including phenoxy) is 1. The molecule has 4 nitrogen and oxygen atoms in total. The standard InChI is InChI=1S/C30H48O4/c1-25(2)21-10-9-19-18(27(21,5)14-12-22(25)32)11-15-28(6)24(20(31)17-29(19,28)7)30(8)16-13-23(34-30)26(3,4)33/h11,19-21,23-24,31,33H,9-10,12-17H2,1-8H3/t19?,20-,21?,23-,24-,27+,28+,29-,30+/m0/s1. The fourth-order valence-electron chi connectivity index (χ4n) is 10.3. The highest BCUT2D eigenvalue weighted by atomic mass is 16.5. The van der Waals surface area contributed by atoms with E-state index in [-0.39, 0.29) is 33.7 Å². The van der Waals surface area contributed by atoms with E-state index in [0.29, 0.717) is 24.0 Å². The van der Waals surface area contributed by atoms with Gasteiger partial charge in [-0.05, 0) is 93.8 Å². The molecule has 0 radical (unpaired) electrons. The zero-order valence-corrected chi connectivity index (χ0v) is 22.8. The third-order valence-electron chi connectivity index (χ3n) is 12.3. The maximum atomic E-state index is 12.9. The number of Topliss-reactive ketones (excluding diaryl/α,β-unsaturated/α-hetero) is 1. The molecule has 5 aliphatic rings. The van der Waals surface area contributed by atoms with Crippen LogP contribution in [0, 0.1) is 39.4 Å². The quantitative estimate of drug-likeness (QED) is 0.496. The minimum atomic E-state index is -0.872. The molecule has 9 atom stereocenters. The Hall–Kier alpha value is -0.710. The Morgan fingerprint density at radius 3 is 2.29 bits per heavy atom. The van der Waals surface area contributed by atoms with Gasteiger partial charge in [-0.1, -0.05) is 46.3 Å². The first-order valence-electron chi connectivity index (χ1n) is 13.8. The van der Waals surface area contributed by atoms with Crippen LogP contribution in [0.25, 0.3) is 0 Å². The molecular weight excluding hydrogens is 424 g/mol. The van der Waals surface area contributed by atoms with Gasteiger partial charge in [0.1, 0.15) is 5.78 Å². The predicted octanol–water partition coefficient (Wildman–Crippen LogP) is 5.84. The van der Waals surface area contributed by atoms with Gasteiger partial charge in [0.05, 0.1) is 23.4 Å². The van der Waals surface area contributed by atoms with E-state index in [1.807, 2.05) is 13.8 Å². The van der Waals surface area contributed by atoms with Gasteiger partial charge in [-0.2, -0.15) is 0 Å². The van der Waals surface area contributed by atoms with Crippen molar-refractivity contribution in [3.8, 4) is 0 Å². The van der Waals surface area contributed by atoms with Crippen molar-refractivity contribution >= 4 is 5.78 Å². The summed E-state index contributed by atoms with van der Waals surface area (Å²) in [7, 11) is 0. The molecule has 5 rings (SSSR count). The highest BCUT2D eigenvalue weighted by molar-refractivity contribution is 5.85. The molecule has 34 heavy (non-hydrogen) atoms. The molecule has 1 heterocycles. The highest BCUT2D eigenvalue weighted by Gasteiger charge is 2.70. The molecule has 0 aromatic heterocycles. The summed E-state index contributed by atoms with van der Waals surface area (Å²) in [5, 5.41) is 22.3. The third-order valence-corrected chi connectivity index (χ3v) is 12.3. The molecule has 0 aromatic rings. The third kappa shape index (κ3) is 3.03. The van der Waals surface area contributed by atoms with Crippen LogP contribution in [0.5, 0.6) is 0 Å². The van der Waals surface area contributed by atoms with Gasteiger partial charge in [0.2, 0.25) is 0 Å². The number of carbonyl (C=O) groups is 1. The fourth-order valence-corrected chi connectivity index (χ4v) is 10.3. The van der Waals surface area contributed by atoms with Crippen molar-refractivity contribution in [2.24, 2.45) is 39.4 Å². The lowest BCUT2D eigenvalue weighted by Crippen LogP contribution is -2.58. The summed E-state index contributed by atoms with van der Waals surface area (Å²) in [6.45, 7) is 17.5. The van der Waals surface area contributed by atoms with Crippen molar-refractivity contribution in [2.45, 2.75) is 130 Å². The molecule has 0 amide bonds. The summed E-state index contributed by atoms with van der Waals surface area (Å²) in [4.78, 5) is 12.9. The molecule has 2 N–H and O–H groups in total. The Bertz CT molecular complexity index is 913. The number of carbonyl (C=O) groups excluding carboxylic acids is 1. The van der Waals surface area contributed by atoms with E-state index in [0.717, 1.165) is 44.9 Å². The molecular formula is C30H48O4. The summed E-state index contributed by atoms with van der Waals surface area (Å²) < 4.78 is 6.64. The average Bonchev–Trinajstić information content (AvgIpc) is 3.20. The van der Waals surface area contributed by atoms with Gasteiger partial charge in [0.15, 0.2) is 0 Å². The van der Waals surface area contributed by atoms with Crippen LogP contribution in [0.1, 0.15) is 107 Å². The maximum Gasteiger partial charge on any atom is 0.138 e. The number of hydrogen-bond donors (Lipinski definition) is 2. The molecule has 0 bridgehead atoms. The predicted molar refractivity (Wildman–Crippen MR) is 134 cm³/mol. The van der Waals surface area contributed by atoms with Crippen LogP contribution in [0.2, 0.25) is 0 Å². The SMILES string of the molecule is CC1(C)C(=O)CC[C@]2(C)C3=CC[C@]4(C)[C@@H]([C@@]5(C)CC[C@@H](C(C)(C)O)O5)[C@@H](O)C[C@@]4(C)C3CCC12. The molecule has 1 aliphatic heterocycles. The first kappa shape index (κ1) is 25.0. The molecule has 1 saturated heterocycles. The Balaban J connectivity index is 1.53. The number of aliphatic hydroxyl groups is 2. The Labute approximate surface area is 206 Å². The van der Waals surface area contributed by atoms with Crippen LogP contribution < -0.4 is 0 Å². The van der Waals surface area contributed by atoms with E-state index in [1.54, 1.807) is 5.57 Å². The second-order valence-corrected chi connectivity index (χ2v) is 14.8. The van der Waals surface area contributed by atoms with Gasteiger partial charge in [0, 0.05) is 17.8 Å². The second kappa shape index (κ2) is 7.19. The van der Waals surface area contributed by atoms with E-state index in [1.165, 1.54) is 0 Å². The monoisotopic (exact) mass is 472 g/mol. The minimum absolute atomic E-state index is 0.0000647. The average molecular weight is 473 g/mol. The minimum Gasteiger partial charge on any atom is -0.393 e. The molecule has 3 saturated carbocycles. The molecule has 2 unspecified atom stereocenters. The smallest absolute Gasteiger partial charge is 0.138 e. The van der Waals surface area contributed by atoms with Crippen LogP contribution in [0.4, 0.5) is 0 Å². The van der Waals surface area contributed by atoms with E-state index in [2.05, 4.69) is 47.6 Å². The molecule has 192 valence electrons. The molecule has 0 spiro atoms. The van der Waals surface area contributed by atoms with E-state index in [9.17, 15) is 15.0 Å². The zero-order chi connectivity index (χ0) is 25.1. The Kier molecular flexibility index (Phi) is 5.28. The Morgan fingerprint density at radius 2 is 1.68 bits per heavy atom. The van der Waals surface area contributed by atoms with Gasteiger partial charge in [-0.25, -0.2) is 0 Å². The van der Waals surface area contributed by atoms with Crippen LogP contribution in [-0.4, -0.2) is 39.4 Å². The topological polar surface area (TPSA) is 66.8 Å². The Morgan fingerprint density at radius 1 is 1.00 bits per heavy atom. The van der Waals surface area contributed by atoms with Crippen molar-refractivity contribution in [2.75, 3.05) is 0 Å².